The highest BCUT2D eigenvalue weighted by molar-refractivity contribution is 6.04. The smallest absolute Gasteiger partial charge is 0.423 e. The molecule has 2 aromatic heterocycles. The van der Waals surface area contributed by atoms with Crippen LogP contribution in [0, 0.1) is 13.8 Å². The predicted octanol–water partition coefficient (Wildman–Crippen LogP) is 1.71. The number of benzene rings is 1. The van der Waals surface area contributed by atoms with E-state index >= 15 is 0 Å². The highest BCUT2D eigenvalue weighted by Crippen LogP contribution is 2.34. The molecule has 3 aromatic rings. The first-order valence-corrected chi connectivity index (χ1v) is 11.3. The molecule has 14 heteroatoms. The average Bonchev–Trinajstić information content (AvgIpc) is 3.24. The lowest BCUT2D eigenvalue weighted by molar-refractivity contribution is -0.154. The third kappa shape index (κ3) is 5.86. The SMILES string of the molecule is CNC(=O)c1ccc(C)c(N(C(=O)OCOC(=O)CCC(=O)O)c2ncnn3cc(C(=O)NC)c(C)c23)c1. The number of aliphatic carboxylic acids is 1. The van der Waals surface area contributed by atoms with Crippen molar-refractivity contribution in [2.75, 3.05) is 25.8 Å². The zero-order valence-corrected chi connectivity index (χ0v) is 21.1. The Morgan fingerprint density at radius 2 is 1.74 bits per heavy atom. The Balaban J connectivity index is 2.08. The summed E-state index contributed by atoms with van der Waals surface area (Å²) in [5, 5.41) is 17.9. The maximum atomic E-state index is 13.4. The van der Waals surface area contributed by atoms with Crippen LogP contribution in [0.25, 0.3) is 5.52 Å². The van der Waals surface area contributed by atoms with Crippen LogP contribution in [0.2, 0.25) is 0 Å². The fourth-order valence-electron chi connectivity index (χ4n) is 3.59. The molecule has 14 nitrogen and oxygen atoms in total. The molecule has 0 spiro atoms. The number of aromatic nitrogens is 3. The minimum absolute atomic E-state index is 0.0343. The van der Waals surface area contributed by atoms with Gasteiger partial charge in [0, 0.05) is 25.9 Å². The molecule has 200 valence electrons. The van der Waals surface area contributed by atoms with Crippen molar-refractivity contribution in [1.82, 2.24) is 25.2 Å². The van der Waals surface area contributed by atoms with Crippen LogP contribution < -0.4 is 15.5 Å². The molecular formula is C24H26N6O8. The van der Waals surface area contributed by atoms with Gasteiger partial charge in [-0.05, 0) is 37.1 Å². The fraction of sp³-hybridized carbons (Fsp3) is 0.292. The highest BCUT2D eigenvalue weighted by Gasteiger charge is 2.29. The minimum atomic E-state index is -1.18. The summed E-state index contributed by atoms with van der Waals surface area (Å²) in [6.45, 7) is 2.57. The maximum absolute atomic E-state index is 13.4. The molecule has 0 aliphatic carbocycles. The molecule has 0 fully saturated rings. The van der Waals surface area contributed by atoms with Gasteiger partial charge >= 0.3 is 18.0 Å². The third-order valence-corrected chi connectivity index (χ3v) is 5.56. The topological polar surface area (TPSA) is 182 Å². The Labute approximate surface area is 216 Å². The van der Waals surface area contributed by atoms with Gasteiger partial charge in [0.25, 0.3) is 11.8 Å². The number of hydrogen-bond acceptors (Lipinski definition) is 9. The lowest BCUT2D eigenvalue weighted by atomic mass is 10.1. The normalized spacial score (nSPS) is 10.5. The van der Waals surface area contributed by atoms with Crippen molar-refractivity contribution >= 4 is 46.9 Å². The third-order valence-electron chi connectivity index (χ3n) is 5.56. The number of ether oxygens (including phenoxy) is 2. The van der Waals surface area contributed by atoms with Crippen LogP contribution in [0.1, 0.15) is 44.7 Å². The van der Waals surface area contributed by atoms with Crippen LogP contribution in [0.4, 0.5) is 16.3 Å². The predicted molar refractivity (Wildman–Crippen MR) is 132 cm³/mol. The van der Waals surface area contributed by atoms with E-state index in [0.29, 0.717) is 22.2 Å². The number of carbonyl (C=O) groups is 5. The van der Waals surface area contributed by atoms with E-state index in [2.05, 4.69) is 20.7 Å². The van der Waals surface area contributed by atoms with E-state index in [0.717, 1.165) is 4.90 Å². The Morgan fingerprint density at radius 3 is 2.39 bits per heavy atom. The molecule has 0 atom stereocenters. The number of aryl methyl sites for hydroxylation is 2. The zero-order chi connectivity index (χ0) is 28.0. The van der Waals surface area contributed by atoms with Crippen LogP contribution in [0.15, 0.2) is 30.7 Å². The van der Waals surface area contributed by atoms with Crippen LogP contribution in [-0.2, 0) is 19.1 Å². The number of fused-ring (bicyclic) bond motifs is 1. The number of carboxylic acid groups (broad SMARTS) is 1. The Bertz CT molecular complexity index is 1420. The van der Waals surface area contributed by atoms with E-state index < -0.39 is 43.6 Å². The second kappa shape index (κ2) is 11.8. The molecule has 3 amide bonds. The summed E-state index contributed by atoms with van der Waals surface area (Å²) in [6.07, 6.45) is 0.804. The molecule has 38 heavy (non-hydrogen) atoms. The van der Waals surface area contributed by atoms with E-state index in [1.165, 1.54) is 37.2 Å². The van der Waals surface area contributed by atoms with E-state index in [4.69, 9.17) is 14.6 Å². The van der Waals surface area contributed by atoms with Gasteiger partial charge < -0.3 is 25.2 Å². The molecule has 0 radical (unpaired) electrons. The molecule has 0 aliphatic heterocycles. The monoisotopic (exact) mass is 526 g/mol. The minimum Gasteiger partial charge on any atom is -0.481 e. The van der Waals surface area contributed by atoms with Gasteiger partial charge in [0.15, 0.2) is 5.82 Å². The summed E-state index contributed by atoms with van der Waals surface area (Å²) in [7, 11) is 2.94. The maximum Gasteiger partial charge on any atom is 0.423 e. The standard InChI is InChI=1S/C24H26N6O8/c1-13-5-6-15(22(34)25-3)9-17(13)30(24(36)38-12-37-19(33)8-7-18(31)32)21-20-14(2)16(23(35)26-4)10-29(20)28-11-27-21/h5-6,9-11H,7-8,12H2,1-4H3,(H,25,34)(H,26,35)(H,31,32). The molecule has 3 N–H and O–H groups in total. The highest BCUT2D eigenvalue weighted by atomic mass is 16.7. The first kappa shape index (κ1) is 27.6. The number of amides is 3. The van der Waals surface area contributed by atoms with Gasteiger partial charge in [0.1, 0.15) is 11.8 Å². The number of anilines is 2. The lowest BCUT2D eigenvalue weighted by Crippen LogP contribution is -2.30. The Morgan fingerprint density at radius 1 is 1.03 bits per heavy atom. The van der Waals surface area contributed by atoms with Crippen molar-refractivity contribution in [3.63, 3.8) is 0 Å². The van der Waals surface area contributed by atoms with Crippen LogP contribution in [0.5, 0.6) is 0 Å². The first-order chi connectivity index (χ1) is 18.1. The number of nitrogens with one attached hydrogen (secondary N) is 2. The van der Waals surface area contributed by atoms with E-state index in [9.17, 15) is 24.0 Å². The van der Waals surface area contributed by atoms with Crippen LogP contribution in [0.3, 0.4) is 0 Å². The first-order valence-electron chi connectivity index (χ1n) is 11.3. The van der Waals surface area contributed by atoms with Crippen molar-refractivity contribution in [3.8, 4) is 0 Å². The van der Waals surface area contributed by atoms with Gasteiger partial charge in [-0.25, -0.2) is 19.2 Å². The average molecular weight is 527 g/mol. The molecule has 0 saturated heterocycles. The number of carboxylic acids is 1. The lowest BCUT2D eigenvalue weighted by Gasteiger charge is -2.24. The molecule has 0 aliphatic rings. The van der Waals surface area contributed by atoms with Gasteiger partial charge in [-0.3, -0.25) is 19.2 Å². The number of rotatable bonds is 9. The van der Waals surface area contributed by atoms with Crippen molar-refractivity contribution in [1.29, 1.82) is 0 Å². The number of carbonyl (C=O) groups excluding carboxylic acids is 4. The van der Waals surface area contributed by atoms with Gasteiger partial charge in [-0.2, -0.15) is 5.10 Å². The molecule has 0 saturated carbocycles. The molecule has 0 unspecified atom stereocenters. The van der Waals surface area contributed by atoms with Crippen molar-refractivity contribution < 1.29 is 38.6 Å². The fourth-order valence-corrected chi connectivity index (χ4v) is 3.59. The summed E-state index contributed by atoms with van der Waals surface area (Å²) in [5.74, 6) is -2.79. The zero-order valence-electron chi connectivity index (χ0n) is 21.1. The number of hydrogen-bond donors (Lipinski definition) is 3. The second-order valence-corrected chi connectivity index (χ2v) is 7.98. The summed E-state index contributed by atoms with van der Waals surface area (Å²) in [5.41, 5.74) is 2.13. The summed E-state index contributed by atoms with van der Waals surface area (Å²) < 4.78 is 11.4. The number of esters is 1. The van der Waals surface area contributed by atoms with Crippen LogP contribution >= 0.6 is 0 Å². The van der Waals surface area contributed by atoms with Crippen molar-refractivity contribution in [3.05, 3.63) is 53.0 Å². The van der Waals surface area contributed by atoms with Crippen molar-refractivity contribution in [2.45, 2.75) is 26.7 Å². The van der Waals surface area contributed by atoms with Gasteiger partial charge in [0.2, 0.25) is 6.79 Å². The van der Waals surface area contributed by atoms with Gasteiger partial charge in [-0.1, -0.05) is 6.07 Å². The molecule has 2 heterocycles. The second-order valence-electron chi connectivity index (χ2n) is 7.98. The van der Waals surface area contributed by atoms with E-state index in [-0.39, 0.29) is 23.0 Å². The van der Waals surface area contributed by atoms with Gasteiger partial charge in [-0.15, -0.1) is 0 Å². The summed E-state index contributed by atoms with van der Waals surface area (Å²) in [6, 6.07) is 4.67. The largest absolute Gasteiger partial charge is 0.481 e. The Kier molecular flexibility index (Phi) is 8.57. The quantitative estimate of drug-likeness (QED) is 0.274. The Hall–Kier alpha value is -5.01. The van der Waals surface area contributed by atoms with Crippen LogP contribution in [-0.4, -0.2) is 70.4 Å². The molecule has 3 rings (SSSR count). The summed E-state index contributed by atoms with van der Waals surface area (Å²) in [4.78, 5) is 65.9. The molecule has 1 aromatic carbocycles. The summed E-state index contributed by atoms with van der Waals surface area (Å²) >= 11 is 0. The van der Waals surface area contributed by atoms with E-state index in [1.54, 1.807) is 26.0 Å². The van der Waals surface area contributed by atoms with Crippen molar-refractivity contribution in [2.24, 2.45) is 0 Å². The molecule has 0 bridgehead atoms. The van der Waals surface area contributed by atoms with Gasteiger partial charge in [0.05, 0.1) is 24.1 Å². The number of nitrogens with zero attached hydrogens (tertiary/aromatic N) is 4. The van der Waals surface area contributed by atoms with E-state index in [1.807, 2.05) is 0 Å². The molecular weight excluding hydrogens is 500 g/mol.